The van der Waals surface area contributed by atoms with Gasteiger partial charge in [0.1, 0.15) is 5.65 Å². The monoisotopic (exact) mass is 402 g/mol. The molecule has 0 unspecified atom stereocenters. The van der Waals surface area contributed by atoms with Crippen LogP contribution in [-0.4, -0.2) is 27.7 Å². The average molecular weight is 402 g/mol. The number of benzene rings is 1. The van der Waals surface area contributed by atoms with Gasteiger partial charge in [-0.3, -0.25) is 0 Å². The van der Waals surface area contributed by atoms with Gasteiger partial charge < -0.3 is 14.2 Å². The lowest BCUT2D eigenvalue weighted by atomic mass is 9.98. The zero-order valence-corrected chi connectivity index (χ0v) is 16.0. The SMILES string of the molecule is Cc1c(Cc2c(CO)nc3ccc(C4=CCOCC4)cn23)cccc1C(F)(F)F. The van der Waals surface area contributed by atoms with Gasteiger partial charge in [-0.25, -0.2) is 4.98 Å². The Bertz CT molecular complexity index is 1080. The maximum Gasteiger partial charge on any atom is 0.416 e. The maximum atomic E-state index is 13.3. The molecule has 29 heavy (non-hydrogen) atoms. The molecule has 1 aromatic carbocycles. The fourth-order valence-corrected chi connectivity index (χ4v) is 3.80. The summed E-state index contributed by atoms with van der Waals surface area (Å²) in [4.78, 5) is 4.46. The van der Waals surface area contributed by atoms with E-state index in [1.54, 1.807) is 6.07 Å². The number of rotatable bonds is 4. The molecule has 0 saturated carbocycles. The summed E-state index contributed by atoms with van der Waals surface area (Å²) in [5, 5.41) is 9.78. The van der Waals surface area contributed by atoms with Crippen LogP contribution in [0.1, 0.15) is 40.1 Å². The van der Waals surface area contributed by atoms with Crippen LogP contribution in [0.2, 0.25) is 0 Å². The van der Waals surface area contributed by atoms with Gasteiger partial charge in [0.2, 0.25) is 0 Å². The molecular weight excluding hydrogens is 381 g/mol. The van der Waals surface area contributed by atoms with E-state index < -0.39 is 11.7 Å². The molecule has 1 aliphatic heterocycles. The van der Waals surface area contributed by atoms with Crippen molar-refractivity contribution in [3.05, 3.63) is 76.2 Å². The number of hydrogen-bond acceptors (Lipinski definition) is 3. The summed E-state index contributed by atoms with van der Waals surface area (Å²) >= 11 is 0. The highest BCUT2D eigenvalue weighted by Crippen LogP contribution is 2.34. The van der Waals surface area contributed by atoms with Crippen molar-refractivity contribution in [3.8, 4) is 0 Å². The second-order valence-corrected chi connectivity index (χ2v) is 7.13. The molecule has 0 radical (unpaired) electrons. The van der Waals surface area contributed by atoms with Crippen LogP contribution in [0.5, 0.6) is 0 Å². The molecule has 0 fully saturated rings. The Hall–Kier alpha value is -2.64. The first-order chi connectivity index (χ1) is 13.9. The fourth-order valence-electron chi connectivity index (χ4n) is 3.80. The lowest BCUT2D eigenvalue weighted by Gasteiger charge is -2.16. The number of aliphatic hydroxyl groups is 1. The summed E-state index contributed by atoms with van der Waals surface area (Å²) in [6, 6.07) is 8.05. The summed E-state index contributed by atoms with van der Waals surface area (Å²) < 4.78 is 47.1. The van der Waals surface area contributed by atoms with E-state index >= 15 is 0 Å². The lowest BCUT2D eigenvalue weighted by Crippen LogP contribution is -2.10. The molecule has 3 aromatic rings. The molecule has 0 saturated heterocycles. The van der Waals surface area contributed by atoms with Crippen molar-refractivity contribution < 1.29 is 23.0 Å². The molecule has 1 aliphatic rings. The normalized spacial score (nSPS) is 15.0. The predicted molar refractivity (Wildman–Crippen MR) is 104 cm³/mol. The van der Waals surface area contributed by atoms with Crippen molar-refractivity contribution in [2.45, 2.75) is 32.5 Å². The van der Waals surface area contributed by atoms with Crippen molar-refractivity contribution in [2.24, 2.45) is 0 Å². The van der Waals surface area contributed by atoms with Crippen LogP contribution in [0.25, 0.3) is 11.2 Å². The predicted octanol–water partition coefficient (Wildman–Crippen LogP) is 4.55. The minimum Gasteiger partial charge on any atom is -0.390 e. The zero-order valence-electron chi connectivity index (χ0n) is 16.0. The van der Waals surface area contributed by atoms with Gasteiger partial charge in [-0.2, -0.15) is 13.2 Å². The highest BCUT2D eigenvalue weighted by Gasteiger charge is 2.33. The number of hydrogen-bond donors (Lipinski definition) is 1. The Kier molecular flexibility index (Phi) is 5.19. The third-order valence-electron chi connectivity index (χ3n) is 5.39. The topological polar surface area (TPSA) is 46.8 Å². The first-order valence-electron chi connectivity index (χ1n) is 9.42. The van der Waals surface area contributed by atoms with Crippen molar-refractivity contribution in [3.63, 3.8) is 0 Å². The molecule has 7 heteroatoms. The van der Waals surface area contributed by atoms with Crippen LogP contribution < -0.4 is 0 Å². The van der Waals surface area contributed by atoms with Crippen molar-refractivity contribution in [2.75, 3.05) is 13.2 Å². The molecular formula is C22H21F3N2O2. The van der Waals surface area contributed by atoms with E-state index in [4.69, 9.17) is 4.74 Å². The largest absolute Gasteiger partial charge is 0.416 e. The second kappa shape index (κ2) is 7.65. The molecule has 152 valence electrons. The van der Waals surface area contributed by atoms with Gasteiger partial charge in [0.05, 0.1) is 36.8 Å². The molecule has 3 heterocycles. The van der Waals surface area contributed by atoms with E-state index in [0.717, 1.165) is 18.1 Å². The molecule has 4 rings (SSSR count). The Labute approximate surface area is 166 Å². The number of fused-ring (bicyclic) bond motifs is 1. The zero-order chi connectivity index (χ0) is 20.6. The quantitative estimate of drug-likeness (QED) is 0.697. The first kappa shape index (κ1) is 19.7. The molecule has 2 aromatic heterocycles. The summed E-state index contributed by atoms with van der Waals surface area (Å²) in [5.41, 5.74) is 4.13. The lowest BCUT2D eigenvalue weighted by molar-refractivity contribution is -0.138. The number of nitrogens with zero attached hydrogens (tertiary/aromatic N) is 2. The van der Waals surface area contributed by atoms with Gasteiger partial charge in [0.25, 0.3) is 0 Å². The highest BCUT2D eigenvalue weighted by atomic mass is 19.4. The highest BCUT2D eigenvalue weighted by molar-refractivity contribution is 5.67. The van der Waals surface area contributed by atoms with E-state index in [2.05, 4.69) is 4.98 Å². The maximum absolute atomic E-state index is 13.3. The molecule has 0 atom stereocenters. The molecule has 4 nitrogen and oxygen atoms in total. The van der Waals surface area contributed by atoms with Crippen LogP contribution in [-0.2, 0) is 23.9 Å². The third-order valence-corrected chi connectivity index (χ3v) is 5.39. The summed E-state index contributed by atoms with van der Waals surface area (Å²) in [6.45, 7) is 2.43. The van der Waals surface area contributed by atoms with Crippen molar-refractivity contribution in [1.29, 1.82) is 0 Å². The van der Waals surface area contributed by atoms with E-state index in [9.17, 15) is 18.3 Å². The van der Waals surface area contributed by atoms with Crippen LogP contribution in [0, 0.1) is 6.92 Å². The van der Waals surface area contributed by atoms with Crippen molar-refractivity contribution >= 4 is 11.2 Å². The summed E-state index contributed by atoms with van der Waals surface area (Å²) in [6.07, 6.45) is 0.623. The van der Waals surface area contributed by atoms with E-state index in [1.165, 1.54) is 18.6 Å². The van der Waals surface area contributed by atoms with Gasteiger partial charge in [-0.1, -0.05) is 18.2 Å². The van der Waals surface area contributed by atoms with Gasteiger partial charge in [-0.05, 0) is 53.8 Å². The van der Waals surface area contributed by atoms with Crippen molar-refractivity contribution in [1.82, 2.24) is 9.38 Å². The smallest absolute Gasteiger partial charge is 0.390 e. The molecule has 1 N–H and O–H groups in total. The van der Waals surface area contributed by atoms with Crippen LogP contribution in [0.4, 0.5) is 13.2 Å². The summed E-state index contributed by atoms with van der Waals surface area (Å²) in [5.74, 6) is 0. The Morgan fingerprint density at radius 2 is 2.03 bits per heavy atom. The average Bonchev–Trinajstić information content (AvgIpc) is 3.06. The van der Waals surface area contributed by atoms with Gasteiger partial charge in [-0.15, -0.1) is 0 Å². The standard InChI is InChI=1S/C22H21F3N2O2/c1-14-16(3-2-4-18(14)22(23,24)25)11-20-19(13-28)26-21-6-5-17(12-27(20)21)15-7-9-29-10-8-15/h2-7,12,28H,8-11,13H2,1H3. The Balaban J connectivity index is 1.80. The minimum absolute atomic E-state index is 0.196. The number of imidazole rings is 1. The summed E-state index contributed by atoms with van der Waals surface area (Å²) in [7, 11) is 0. The van der Waals surface area contributed by atoms with Gasteiger partial charge in [0, 0.05) is 12.6 Å². The molecule has 0 bridgehead atoms. The van der Waals surface area contributed by atoms with E-state index in [1.807, 2.05) is 28.8 Å². The Morgan fingerprint density at radius 1 is 1.21 bits per heavy atom. The molecule has 0 amide bonds. The third kappa shape index (κ3) is 3.80. The van der Waals surface area contributed by atoms with Gasteiger partial charge >= 0.3 is 6.18 Å². The van der Waals surface area contributed by atoms with Crippen LogP contribution in [0.3, 0.4) is 0 Å². The first-order valence-corrected chi connectivity index (χ1v) is 9.42. The number of pyridine rings is 1. The number of halogens is 3. The van der Waals surface area contributed by atoms with Crippen LogP contribution >= 0.6 is 0 Å². The molecule has 0 aliphatic carbocycles. The number of aromatic nitrogens is 2. The number of aliphatic hydroxyl groups excluding tert-OH is 1. The number of alkyl halides is 3. The van der Waals surface area contributed by atoms with Gasteiger partial charge in [0.15, 0.2) is 0 Å². The fraction of sp³-hybridized carbons (Fsp3) is 0.318. The Morgan fingerprint density at radius 3 is 2.72 bits per heavy atom. The second-order valence-electron chi connectivity index (χ2n) is 7.13. The number of ether oxygens (including phenoxy) is 1. The molecule has 0 spiro atoms. The van der Waals surface area contributed by atoms with E-state index in [-0.39, 0.29) is 18.6 Å². The van der Waals surface area contributed by atoms with E-state index in [0.29, 0.717) is 35.8 Å². The van der Waals surface area contributed by atoms with Crippen LogP contribution in [0.15, 0.2) is 42.6 Å². The minimum atomic E-state index is -4.40.